The summed E-state index contributed by atoms with van der Waals surface area (Å²) in [6.45, 7) is 2.06. The molecule has 160 valence electrons. The van der Waals surface area contributed by atoms with E-state index in [-0.39, 0.29) is 12.1 Å². The van der Waals surface area contributed by atoms with Crippen LogP contribution in [0.4, 0.5) is 5.69 Å². The minimum Gasteiger partial charge on any atom is -0.459 e. The second-order valence-corrected chi connectivity index (χ2v) is 8.89. The number of aromatic nitrogens is 1. The van der Waals surface area contributed by atoms with Crippen LogP contribution in [0, 0.1) is 6.92 Å². The van der Waals surface area contributed by atoms with E-state index in [1.54, 1.807) is 18.3 Å². The Balaban J connectivity index is 1.61. The molecule has 4 nitrogen and oxygen atoms in total. The van der Waals surface area contributed by atoms with Crippen molar-refractivity contribution in [2.45, 2.75) is 19.0 Å². The zero-order valence-corrected chi connectivity index (χ0v) is 19.5. The van der Waals surface area contributed by atoms with Crippen molar-refractivity contribution < 1.29 is 4.42 Å². The van der Waals surface area contributed by atoms with Crippen LogP contribution < -0.4 is 10.2 Å². The Hall–Kier alpha value is -2.86. The molecule has 1 saturated heterocycles. The number of pyridine rings is 1. The highest BCUT2D eigenvalue weighted by atomic mass is 35.5. The zero-order valence-electron chi connectivity index (χ0n) is 17.1. The predicted molar refractivity (Wildman–Crippen MR) is 133 cm³/mol. The predicted octanol–water partition coefficient (Wildman–Crippen LogP) is 7.13. The lowest BCUT2D eigenvalue weighted by Crippen LogP contribution is -2.29. The quantitative estimate of drug-likeness (QED) is 0.315. The molecule has 5 rings (SSSR count). The molecule has 32 heavy (non-hydrogen) atoms. The third-order valence-electron chi connectivity index (χ3n) is 5.49. The van der Waals surface area contributed by atoms with E-state index in [9.17, 15) is 0 Å². The molecule has 3 heterocycles. The normalized spacial score (nSPS) is 18.1. The van der Waals surface area contributed by atoms with E-state index in [2.05, 4.69) is 40.3 Å². The molecule has 0 aliphatic carbocycles. The summed E-state index contributed by atoms with van der Waals surface area (Å²) in [4.78, 5) is 6.67. The van der Waals surface area contributed by atoms with Crippen LogP contribution in [0.1, 0.15) is 29.1 Å². The number of nitrogens with zero attached hydrogens (tertiary/aromatic N) is 2. The SMILES string of the molecule is Cc1cccc(N2C(=S)N[C@@H](c3ccccn3)[C@@H]2c2ccc(-c3ccc(Cl)cc3Cl)o2)c1. The average molecular weight is 480 g/mol. The van der Waals surface area contributed by atoms with Gasteiger partial charge < -0.3 is 14.6 Å². The van der Waals surface area contributed by atoms with Crippen LogP contribution >= 0.6 is 35.4 Å². The molecule has 0 amide bonds. The summed E-state index contributed by atoms with van der Waals surface area (Å²) < 4.78 is 6.36. The van der Waals surface area contributed by atoms with Gasteiger partial charge in [0.2, 0.25) is 0 Å². The largest absolute Gasteiger partial charge is 0.459 e. The maximum atomic E-state index is 6.42. The van der Waals surface area contributed by atoms with Gasteiger partial charge in [0.1, 0.15) is 17.6 Å². The molecule has 4 aromatic rings. The van der Waals surface area contributed by atoms with Gasteiger partial charge in [0.15, 0.2) is 5.11 Å². The van der Waals surface area contributed by atoms with Crippen molar-refractivity contribution in [1.29, 1.82) is 0 Å². The number of aryl methyl sites for hydroxylation is 1. The molecule has 1 fully saturated rings. The lowest BCUT2D eigenvalue weighted by molar-refractivity contribution is 0.439. The molecule has 1 N–H and O–H groups in total. The first kappa shape index (κ1) is 21.0. The second kappa shape index (κ2) is 8.58. The summed E-state index contributed by atoms with van der Waals surface area (Å²) in [6, 6.07) is 23.0. The Morgan fingerprint density at radius 3 is 2.62 bits per heavy atom. The van der Waals surface area contributed by atoms with Crippen molar-refractivity contribution in [2.24, 2.45) is 0 Å². The first-order valence-corrected chi connectivity index (χ1v) is 11.3. The van der Waals surface area contributed by atoms with Gasteiger partial charge >= 0.3 is 0 Å². The van der Waals surface area contributed by atoms with Gasteiger partial charge in [0.05, 0.1) is 16.8 Å². The summed E-state index contributed by atoms with van der Waals surface area (Å²) in [5.74, 6) is 1.43. The van der Waals surface area contributed by atoms with Crippen LogP contribution in [-0.2, 0) is 0 Å². The molecule has 7 heteroatoms. The third kappa shape index (κ3) is 3.88. The smallest absolute Gasteiger partial charge is 0.174 e. The van der Waals surface area contributed by atoms with Crippen LogP contribution in [0.15, 0.2) is 83.4 Å². The van der Waals surface area contributed by atoms with E-state index in [0.717, 1.165) is 28.3 Å². The summed E-state index contributed by atoms with van der Waals surface area (Å²) in [7, 11) is 0. The van der Waals surface area contributed by atoms with Gasteiger partial charge in [-0.15, -0.1) is 0 Å². The number of nitrogens with one attached hydrogen (secondary N) is 1. The zero-order chi connectivity index (χ0) is 22.2. The molecule has 2 aromatic carbocycles. The van der Waals surface area contributed by atoms with Crippen LogP contribution in [0.25, 0.3) is 11.3 Å². The lowest BCUT2D eigenvalue weighted by Gasteiger charge is -2.26. The van der Waals surface area contributed by atoms with Crippen LogP contribution in [0.5, 0.6) is 0 Å². The maximum Gasteiger partial charge on any atom is 0.174 e. The number of hydrogen-bond acceptors (Lipinski definition) is 3. The summed E-state index contributed by atoms with van der Waals surface area (Å²) in [5, 5.41) is 5.19. The number of benzene rings is 2. The summed E-state index contributed by atoms with van der Waals surface area (Å²) in [5.41, 5.74) is 3.82. The Labute approximate surface area is 201 Å². The first-order valence-electron chi connectivity index (χ1n) is 10.1. The fourth-order valence-corrected chi connectivity index (χ4v) is 4.89. The number of hydrogen-bond donors (Lipinski definition) is 1. The molecular formula is C25H19Cl2N3OS. The van der Waals surface area contributed by atoms with E-state index < -0.39 is 0 Å². The summed E-state index contributed by atoms with van der Waals surface area (Å²) in [6.07, 6.45) is 1.79. The van der Waals surface area contributed by atoms with Gasteiger partial charge in [0.25, 0.3) is 0 Å². The monoisotopic (exact) mass is 479 g/mol. The topological polar surface area (TPSA) is 41.3 Å². The second-order valence-electron chi connectivity index (χ2n) is 7.66. The van der Waals surface area contributed by atoms with Crippen LogP contribution in [-0.4, -0.2) is 10.1 Å². The van der Waals surface area contributed by atoms with Crippen molar-refractivity contribution >= 4 is 46.2 Å². The highest BCUT2D eigenvalue weighted by Crippen LogP contribution is 2.43. The molecule has 0 unspecified atom stereocenters. The Morgan fingerprint density at radius 2 is 1.88 bits per heavy atom. The average Bonchev–Trinajstić information content (AvgIpc) is 3.39. The molecule has 1 aliphatic rings. The van der Waals surface area contributed by atoms with Gasteiger partial charge in [-0.2, -0.15) is 0 Å². The fraction of sp³-hybridized carbons (Fsp3) is 0.120. The molecular weight excluding hydrogens is 461 g/mol. The van der Waals surface area contributed by atoms with Crippen LogP contribution in [0.3, 0.4) is 0 Å². The van der Waals surface area contributed by atoms with Crippen LogP contribution in [0.2, 0.25) is 10.0 Å². The first-order chi connectivity index (χ1) is 15.5. The van der Waals surface area contributed by atoms with E-state index in [1.165, 1.54) is 0 Å². The van der Waals surface area contributed by atoms with E-state index >= 15 is 0 Å². The highest BCUT2D eigenvalue weighted by Gasteiger charge is 2.42. The molecule has 0 bridgehead atoms. The Morgan fingerprint density at radius 1 is 1.00 bits per heavy atom. The van der Waals surface area contributed by atoms with Gasteiger partial charge in [-0.05, 0) is 79.3 Å². The number of rotatable bonds is 4. The van der Waals surface area contributed by atoms with Gasteiger partial charge in [-0.1, -0.05) is 41.4 Å². The minimum absolute atomic E-state index is 0.177. The lowest BCUT2D eigenvalue weighted by atomic mass is 10.0. The maximum absolute atomic E-state index is 6.42. The van der Waals surface area contributed by atoms with Gasteiger partial charge in [-0.25, -0.2) is 0 Å². The number of anilines is 1. The Kier molecular flexibility index (Phi) is 5.64. The van der Waals surface area contributed by atoms with Crippen molar-refractivity contribution in [3.05, 3.63) is 106 Å². The van der Waals surface area contributed by atoms with E-state index in [1.807, 2.05) is 42.5 Å². The molecule has 2 aromatic heterocycles. The Bertz CT molecular complexity index is 1290. The number of furan rings is 1. The van der Waals surface area contributed by atoms with Crippen molar-refractivity contribution in [3.8, 4) is 11.3 Å². The van der Waals surface area contributed by atoms with Crippen molar-refractivity contribution in [3.63, 3.8) is 0 Å². The fourth-order valence-electron chi connectivity index (χ4n) is 4.05. The number of thiocarbonyl (C=S) groups is 1. The molecule has 0 spiro atoms. The molecule has 0 radical (unpaired) electrons. The van der Waals surface area contributed by atoms with E-state index in [0.29, 0.717) is 20.9 Å². The molecule has 1 aliphatic heterocycles. The molecule has 0 saturated carbocycles. The van der Waals surface area contributed by atoms with Gasteiger partial charge in [0, 0.05) is 22.5 Å². The van der Waals surface area contributed by atoms with E-state index in [4.69, 9.17) is 39.8 Å². The standard InChI is InChI=1S/C25H19Cl2N3OS/c1-15-5-4-6-17(13-15)30-24(23(29-25(30)32)20-7-2-3-12-28-20)22-11-10-21(31-22)18-9-8-16(26)14-19(18)27/h2-14,23-24H,1H3,(H,29,32)/t23-,24-/m0/s1. The van der Waals surface area contributed by atoms with Crippen molar-refractivity contribution in [1.82, 2.24) is 10.3 Å². The van der Waals surface area contributed by atoms with Gasteiger partial charge in [-0.3, -0.25) is 4.98 Å². The third-order valence-corrected chi connectivity index (χ3v) is 6.36. The highest BCUT2D eigenvalue weighted by molar-refractivity contribution is 7.80. The minimum atomic E-state index is -0.223. The molecule has 2 atom stereocenters. The van der Waals surface area contributed by atoms with Crippen molar-refractivity contribution in [2.75, 3.05) is 4.90 Å². The summed E-state index contributed by atoms with van der Waals surface area (Å²) >= 11 is 18.3. The number of halogens is 2.